The summed E-state index contributed by atoms with van der Waals surface area (Å²) < 4.78 is 6.22. The van der Waals surface area contributed by atoms with Gasteiger partial charge in [-0.25, -0.2) is 0 Å². The first kappa shape index (κ1) is 19.2. The molecule has 2 atom stereocenters. The fourth-order valence-corrected chi connectivity index (χ4v) is 6.31. The van der Waals surface area contributed by atoms with Gasteiger partial charge in [-0.2, -0.15) is 0 Å². The third-order valence-electron chi connectivity index (χ3n) is 8.42. The van der Waals surface area contributed by atoms with Crippen LogP contribution in [-0.2, 0) is 9.53 Å². The topological polar surface area (TPSA) is 46.5 Å². The normalized spacial score (nSPS) is 38.1. The molecule has 0 heterocycles. The van der Waals surface area contributed by atoms with Crippen LogP contribution in [0.4, 0.5) is 0 Å². The lowest BCUT2D eigenvalue weighted by Gasteiger charge is -2.68. The van der Waals surface area contributed by atoms with Gasteiger partial charge in [0, 0.05) is 5.41 Å². The molecule has 2 unspecified atom stereocenters. The Bertz CT molecular complexity index is 538. The van der Waals surface area contributed by atoms with E-state index in [1.807, 2.05) is 34.6 Å². The van der Waals surface area contributed by atoms with Gasteiger partial charge in [-0.1, -0.05) is 6.92 Å². The molecule has 25 heavy (non-hydrogen) atoms. The first-order valence-corrected chi connectivity index (χ1v) is 10.2. The van der Waals surface area contributed by atoms with Crippen LogP contribution in [0.1, 0.15) is 93.4 Å². The quantitative estimate of drug-likeness (QED) is 0.702. The van der Waals surface area contributed by atoms with E-state index in [1.54, 1.807) is 0 Å². The fourth-order valence-electron chi connectivity index (χ4n) is 6.31. The molecule has 4 saturated carbocycles. The smallest absolute Gasteiger partial charge is 0.312 e. The zero-order chi connectivity index (χ0) is 18.9. The molecule has 0 aromatic rings. The molecule has 4 aliphatic rings. The lowest BCUT2D eigenvalue weighted by molar-refractivity contribution is -0.247. The van der Waals surface area contributed by atoms with E-state index in [-0.39, 0.29) is 16.8 Å². The van der Waals surface area contributed by atoms with Crippen molar-refractivity contribution in [2.75, 3.05) is 0 Å². The summed E-state index contributed by atoms with van der Waals surface area (Å²) in [5.74, 6) is 1.27. The van der Waals surface area contributed by atoms with Crippen LogP contribution in [-0.4, -0.2) is 22.3 Å². The second-order valence-electron chi connectivity index (χ2n) is 11.2. The Kier molecular flexibility index (Phi) is 4.20. The van der Waals surface area contributed by atoms with Crippen LogP contribution in [0.15, 0.2) is 0 Å². The van der Waals surface area contributed by atoms with E-state index >= 15 is 0 Å². The predicted molar refractivity (Wildman–Crippen MR) is 100 cm³/mol. The van der Waals surface area contributed by atoms with Crippen molar-refractivity contribution in [3.63, 3.8) is 0 Å². The molecule has 4 rings (SSSR count). The van der Waals surface area contributed by atoms with Gasteiger partial charge in [0.1, 0.15) is 5.60 Å². The second kappa shape index (κ2) is 5.47. The van der Waals surface area contributed by atoms with Crippen molar-refractivity contribution in [2.45, 2.75) is 105 Å². The molecule has 0 aromatic carbocycles. The van der Waals surface area contributed by atoms with E-state index in [1.165, 1.54) is 6.42 Å². The lowest BCUT2D eigenvalue weighted by Crippen LogP contribution is -2.65. The highest BCUT2D eigenvalue weighted by Crippen LogP contribution is 2.71. The average molecular weight is 351 g/mol. The maximum atomic E-state index is 12.8. The largest absolute Gasteiger partial charge is 0.459 e. The first-order valence-electron chi connectivity index (χ1n) is 10.2. The highest BCUT2D eigenvalue weighted by atomic mass is 16.6. The Hall–Kier alpha value is -0.570. The third-order valence-corrected chi connectivity index (χ3v) is 8.42. The minimum atomic E-state index is -0.668. The number of esters is 1. The summed E-state index contributed by atoms with van der Waals surface area (Å²) in [7, 11) is 0. The molecule has 4 aliphatic carbocycles. The summed E-state index contributed by atoms with van der Waals surface area (Å²) in [6.07, 6.45) is 7.64. The molecule has 3 heteroatoms. The number of ether oxygens (including phenoxy) is 1. The molecule has 1 N–H and O–H groups in total. The zero-order valence-electron chi connectivity index (χ0n) is 17.4. The van der Waals surface area contributed by atoms with E-state index in [0.717, 1.165) is 38.5 Å². The molecular weight excluding hydrogens is 312 g/mol. The van der Waals surface area contributed by atoms with Crippen molar-refractivity contribution < 1.29 is 14.6 Å². The Morgan fingerprint density at radius 3 is 1.92 bits per heavy atom. The van der Waals surface area contributed by atoms with Crippen molar-refractivity contribution in [3.05, 3.63) is 0 Å². The Morgan fingerprint density at radius 1 is 1.00 bits per heavy atom. The van der Waals surface area contributed by atoms with Gasteiger partial charge >= 0.3 is 5.97 Å². The molecule has 0 aromatic heterocycles. The first-order chi connectivity index (χ1) is 11.3. The summed E-state index contributed by atoms with van der Waals surface area (Å²) >= 11 is 0. The Balaban J connectivity index is 1.92. The zero-order valence-corrected chi connectivity index (χ0v) is 17.4. The van der Waals surface area contributed by atoms with Gasteiger partial charge in [0.05, 0.1) is 11.0 Å². The van der Waals surface area contributed by atoms with Crippen molar-refractivity contribution >= 4 is 5.97 Å². The van der Waals surface area contributed by atoms with Crippen LogP contribution in [0.25, 0.3) is 0 Å². The van der Waals surface area contributed by atoms with Crippen molar-refractivity contribution in [1.29, 1.82) is 0 Å². The van der Waals surface area contributed by atoms with Gasteiger partial charge in [0.2, 0.25) is 0 Å². The monoisotopic (exact) mass is 350 g/mol. The summed E-state index contributed by atoms with van der Waals surface area (Å²) in [6.45, 7) is 14.2. The van der Waals surface area contributed by atoms with Crippen LogP contribution in [0.5, 0.6) is 0 Å². The standard InChI is InChI=1S/C22H38O3/c1-8-18(2,3)17(23)25-20(6,7)22-12-15-9-16(13-22)11-21(10-15,14-22)19(4,5)24/h15-16,24H,8-14H2,1-7H3. The number of carbonyl (C=O) groups excluding carboxylic acids is 1. The maximum Gasteiger partial charge on any atom is 0.312 e. The minimum absolute atomic E-state index is 0.0105. The SMILES string of the molecule is CCC(C)(C)C(=O)OC(C)(C)C12CC3CC(CC(C(C)(C)O)(C3)C1)C2. The number of rotatable bonds is 5. The van der Waals surface area contributed by atoms with Crippen LogP contribution in [0, 0.1) is 28.1 Å². The summed E-state index contributed by atoms with van der Waals surface area (Å²) in [5, 5.41) is 11.0. The van der Waals surface area contributed by atoms with Gasteiger partial charge in [-0.3, -0.25) is 4.79 Å². The van der Waals surface area contributed by atoms with E-state index in [9.17, 15) is 9.90 Å². The summed E-state index contributed by atoms with van der Waals surface area (Å²) in [6, 6.07) is 0. The number of aliphatic hydroxyl groups is 1. The summed E-state index contributed by atoms with van der Waals surface area (Å²) in [5.41, 5.74) is -1.59. The molecule has 3 nitrogen and oxygen atoms in total. The third kappa shape index (κ3) is 2.85. The highest BCUT2D eigenvalue weighted by molar-refractivity contribution is 5.76. The second-order valence-corrected chi connectivity index (χ2v) is 11.2. The summed E-state index contributed by atoms with van der Waals surface area (Å²) in [4.78, 5) is 12.8. The van der Waals surface area contributed by atoms with Crippen molar-refractivity contribution in [1.82, 2.24) is 0 Å². The molecule has 0 saturated heterocycles. The van der Waals surface area contributed by atoms with E-state index in [0.29, 0.717) is 11.8 Å². The van der Waals surface area contributed by atoms with Crippen LogP contribution < -0.4 is 0 Å². The number of hydrogen-bond donors (Lipinski definition) is 1. The van der Waals surface area contributed by atoms with Crippen LogP contribution in [0.3, 0.4) is 0 Å². The molecule has 144 valence electrons. The van der Waals surface area contributed by atoms with Crippen LogP contribution >= 0.6 is 0 Å². The van der Waals surface area contributed by atoms with Crippen LogP contribution in [0.2, 0.25) is 0 Å². The van der Waals surface area contributed by atoms with E-state index in [2.05, 4.69) is 13.8 Å². The molecule has 0 aliphatic heterocycles. The minimum Gasteiger partial charge on any atom is -0.459 e. The predicted octanol–water partition coefficient (Wildman–Crippen LogP) is 5.10. The molecule has 4 bridgehead atoms. The fraction of sp³-hybridized carbons (Fsp3) is 0.955. The van der Waals surface area contributed by atoms with E-state index < -0.39 is 16.6 Å². The number of hydrogen-bond acceptors (Lipinski definition) is 3. The van der Waals surface area contributed by atoms with E-state index in [4.69, 9.17) is 4.74 Å². The molecular formula is C22H38O3. The average Bonchev–Trinajstić information content (AvgIpc) is 2.44. The molecule has 0 radical (unpaired) electrons. The Labute approximate surface area is 153 Å². The van der Waals surface area contributed by atoms with Gasteiger partial charge in [0.15, 0.2) is 0 Å². The van der Waals surface area contributed by atoms with Gasteiger partial charge in [0.25, 0.3) is 0 Å². The highest BCUT2D eigenvalue weighted by Gasteiger charge is 2.66. The van der Waals surface area contributed by atoms with Gasteiger partial charge in [-0.05, 0) is 104 Å². The van der Waals surface area contributed by atoms with Crippen molar-refractivity contribution in [3.8, 4) is 0 Å². The maximum absolute atomic E-state index is 12.8. The molecule has 0 amide bonds. The Morgan fingerprint density at radius 2 is 1.48 bits per heavy atom. The molecule has 4 fully saturated rings. The van der Waals surface area contributed by atoms with Gasteiger partial charge < -0.3 is 9.84 Å². The molecule has 0 spiro atoms. The van der Waals surface area contributed by atoms with Gasteiger partial charge in [-0.15, -0.1) is 0 Å². The lowest BCUT2D eigenvalue weighted by atomic mass is 9.38. The number of carbonyl (C=O) groups is 1. The van der Waals surface area contributed by atoms with Crippen molar-refractivity contribution in [2.24, 2.45) is 28.1 Å².